The molecule has 2 heterocycles. The van der Waals surface area contributed by atoms with Gasteiger partial charge in [0.05, 0.1) is 21.7 Å². The summed E-state index contributed by atoms with van der Waals surface area (Å²) in [5, 5.41) is 6.01. The lowest BCUT2D eigenvalue weighted by Crippen LogP contribution is -2.17. The lowest BCUT2D eigenvalue weighted by molar-refractivity contribution is 0.101. The first-order valence-corrected chi connectivity index (χ1v) is 12.0. The van der Waals surface area contributed by atoms with Gasteiger partial charge in [-0.25, -0.2) is 9.37 Å². The number of H-pyrrole nitrogens is 1. The van der Waals surface area contributed by atoms with Crippen molar-refractivity contribution in [3.8, 4) is 0 Å². The first kappa shape index (κ1) is 24.2. The molecule has 0 saturated carbocycles. The molecule has 1 aliphatic heterocycles. The van der Waals surface area contributed by atoms with Crippen LogP contribution in [0.25, 0.3) is 11.0 Å². The number of nitrogens with one attached hydrogen (secondary N) is 3. The highest BCUT2D eigenvalue weighted by Crippen LogP contribution is 2.32. The van der Waals surface area contributed by atoms with E-state index in [1.165, 1.54) is 18.2 Å². The van der Waals surface area contributed by atoms with Crippen LogP contribution < -0.4 is 10.6 Å². The van der Waals surface area contributed by atoms with Crippen LogP contribution in [0, 0.1) is 12.7 Å². The fourth-order valence-electron chi connectivity index (χ4n) is 4.17. The summed E-state index contributed by atoms with van der Waals surface area (Å²) in [4.78, 5) is 34.1. The highest BCUT2D eigenvalue weighted by molar-refractivity contribution is 6.34. The minimum absolute atomic E-state index is 0.0230. The number of aromatic amines is 1. The second-order valence-corrected chi connectivity index (χ2v) is 9.28. The number of carbonyl (C=O) groups excluding carboxylic acids is 2. The Bertz CT molecular complexity index is 1480. The highest BCUT2D eigenvalue weighted by atomic mass is 35.5. The zero-order valence-electron chi connectivity index (χ0n) is 19.1. The van der Waals surface area contributed by atoms with Gasteiger partial charge in [0.2, 0.25) is 0 Å². The maximum Gasteiger partial charge on any atom is 0.260 e. The van der Waals surface area contributed by atoms with Gasteiger partial charge < -0.3 is 20.4 Å². The number of nitrogens with zero attached hydrogens (tertiary/aromatic N) is 1. The van der Waals surface area contributed by atoms with Crippen LogP contribution in [0.15, 0.2) is 48.5 Å². The van der Waals surface area contributed by atoms with Crippen molar-refractivity contribution in [2.45, 2.75) is 25.9 Å². The second-order valence-electron chi connectivity index (χ2n) is 8.46. The molecule has 10 heteroatoms. The van der Waals surface area contributed by atoms with Gasteiger partial charge in [-0.15, -0.1) is 0 Å². The van der Waals surface area contributed by atoms with Crippen LogP contribution in [0.2, 0.25) is 10.0 Å². The smallest absolute Gasteiger partial charge is 0.260 e. The summed E-state index contributed by atoms with van der Waals surface area (Å²) in [5.74, 6) is -1.35. The number of hydrogen-bond acceptors (Lipinski definition) is 4. The Balaban J connectivity index is 1.55. The Kier molecular flexibility index (Phi) is 6.66. The minimum Gasteiger partial charge on any atom is -0.370 e. The molecule has 1 aromatic heterocycles. The Morgan fingerprint density at radius 2 is 1.86 bits per heavy atom. The van der Waals surface area contributed by atoms with Crippen LogP contribution >= 0.6 is 23.2 Å². The predicted octanol–water partition coefficient (Wildman–Crippen LogP) is 6.67. The Morgan fingerprint density at radius 3 is 2.61 bits per heavy atom. The largest absolute Gasteiger partial charge is 0.370 e. The molecule has 0 aliphatic carbocycles. The number of carbonyl (C=O) groups is 2. The number of amides is 2. The topological polar surface area (TPSA) is 96.1 Å². The average molecular weight is 527 g/mol. The highest BCUT2D eigenvalue weighted by Gasteiger charge is 2.24. The summed E-state index contributed by atoms with van der Waals surface area (Å²) < 4.78 is 20.0. The van der Waals surface area contributed by atoms with E-state index in [2.05, 4.69) is 20.6 Å². The van der Waals surface area contributed by atoms with Crippen molar-refractivity contribution < 1.29 is 18.7 Å². The third-order valence-electron chi connectivity index (χ3n) is 6.05. The molecule has 3 aromatic carbocycles. The lowest BCUT2D eigenvalue weighted by atomic mass is 10.1. The first-order chi connectivity index (χ1) is 17.3. The Hall–Kier alpha value is -3.46. The maximum atomic E-state index is 14.3. The van der Waals surface area contributed by atoms with E-state index in [0.29, 0.717) is 39.7 Å². The monoisotopic (exact) mass is 526 g/mol. The van der Waals surface area contributed by atoms with Crippen LogP contribution in [0.5, 0.6) is 0 Å². The third kappa shape index (κ3) is 4.67. The fourth-order valence-corrected chi connectivity index (χ4v) is 4.59. The summed E-state index contributed by atoms with van der Waals surface area (Å²) in [6.07, 6.45) is 1.51. The van der Waals surface area contributed by atoms with E-state index in [1.807, 2.05) is 0 Å². The molecule has 3 N–H and O–H groups in total. The number of aromatic nitrogens is 2. The van der Waals surface area contributed by atoms with Gasteiger partial charge in [-0.2, -0.15) is 0 Å². The number of ether oxygens (including phenoxy) is 1. The number of benzene rings is 3. The summed E-state index contributed by atoms with van der Waals surface area (Å²) in [7, 11) is 0. The SMILES string of the molecule is Cc1c(Cl)cccc1NC(=O)c1cc(NC(=O)c2c(F)cccc2Cl)cc2[nH]c([C@H]3CCCO3)nc12. The summed E-state index contributed by atoms with van der Waals surface area (Å²) in [6.45, 7) is 2.43. The van der Waals surface area contributed by atoms with Gasteiger partial charge in [0.15, 0.2) is 0 Å². The van der Waals surface area contributed by atoms with Gasteiger partial charge in [0.1, 0.15) is 23.3 Å². The van der Waals surface area contributed by atoms with E-state index >= 15 is 0 Å². The van der Waals surface area contributed by atoms with Gasteiger partial charge in [-0.05, 0) is 61.7 Å². The number of rotatable bonds is 5. The van der Waals surface area contributed by atoms with E-state index in [4.69, 9.17) is 27.9 Å². The zero-order valence-corrected chi connectivity index (χ0v) is 20.6. The van der Waals surface area contributed by atoms with Crippen molar-refractivity contribution in [1.82, 2.24) is 9.97 Å². The summed E-state index contributed by atoms with van der Waals surface area (Å²) >= 11 is 12.3. The van der Waals surface area contributed by atoms with Crippen molar-refractivity contribution >= 4 is 57.4 Å². The lowest BCUT2D eigenvalue weighted by Gasteiger charge is -2.12. The van der Waals surface area contributed by atoms with E-state index in [0.717, 1.165) is 18.9 Å². The van der Waals surface area contributed by atoms with Crippen molar-refractivity contribution in [3.05, 3.63) is 86.9 Å². The molecule has 184 valence electrons. The molecular formula is C26H21Cl2FN4O3. The third-order valence-corrected chi connectivity index (χ3v) is 6.77. The van der Waals surface area contributed by atoms with Gasteiger partial charge in [-0.1, -0.05) is 35.3 Å². The molecule has 4 aromatic rings. The van der Waals surface area contributed by atoms with Crippen molar-refractivity contribution in [2.24, 2.45) is 0 Å². The molecule has 7 nitrogen and oxygen atoms in total. The van der Waals surface area contributed by atoms with Crippen molar-refractivity contribution in [1.29, 1.82) is 0 Å². The molecule has 0 unspecified atom stereocenters. The predicted molar refractivity (Wildman–Crippen MR) is 138 cm³/mol. The quantitative estimate of drug-likeness (QED) is 0.270. The molecule has 1 saturated heterocycles. The Morgan fingerprint density at radius 1 is 1.08 bits per heavy atom. The molecule has 1 aliphatic rings. The number of halogens is 3. The van der Waals surface area contributed by atoms with Crippen molar-refractivity contribution in [2.75, 3.05) is 17.2 Å². The Labute approximate surface area is 216 Å². The zero-order chi connectivity index (χ0) is 25.4. The molecule has 5 rings (SSSR count). The maximum absolute atomic E-state index is 14.3. The second kappa shape index (κ2) is 9.89. The van der Waals surface area contributed by atoms with E-state index in [1.54, 1.807) is 31.2 Å². The molecule has 36 heavy (non-hydrogen) atoms. The fraction of sp³-hybridized carbons (Fsp3) is 0.192. The standard InChI is InChI=1S/C26H21Cl2FN4O3/c1-13-16(27)5-3-8-19(13)32-25(34)15-11-14(30-26(35)22-17(28)6-2-7-18(22)29)12-20-23(15)33-24(31-20)21-9-4-10-36-21/h2-3,5-8,11-12,21H,4,9-10H2,1H3,(H,30,35)(H,31,33)(H,32,34)/t21-/m1/s1. The molecule has 1 fully saturated rings. The molecule has 1 atom stereocenters. The number of anilines is 2. The molecule has 0 radical (unpaired) electrons. The van der Waals surface area contributed by atoms with Crippen LogP contribution in [-0.2, 0) is 4.74 Å². The average Bonchev–Trinajstić information content (AvgIpc) is 3.51. The normalized spacial score (nSPS) is 15.3. The molecule has 0 spiro atoms. The summed E-state index contributed by atoms with van der Waals surface area (Å²) in [5.41, 5.74) is 2.38. The van der Waals surface area contributed by atoms with Crippen LogP contribution in [0.4, 0.5) is 15.8 Å². The minimum atomic E-state index is -0.752. The number of fused-ring (bicyclic) bond motifs is 1. The van der Waals surface area contributed by atoms with Crippen LogP contribution in [-0.4, -0.2) is 28.4 Å². The first-order valence-electron chi connectivity index (χ1n) is 11.3. The van der Waals surface area contributed by atoms with E-state index in [9.17, 15) is 14.0 Å². The molecule has 2 amide bonds. The van der Waals surface area contributed by atoms with Gasteiger partial charge in [0.25, 0.3) is 11.8 Å². The van der Waals surface area contributed by atoms with Gasteiger partial charge >= 0.3 is 0 Å². The van der Waals surface area contributed by atoms with Crippen molar-refractivity contribution in [3.63, 3.8) is 0 Å². The summed E-state index contributed by atoms with van der Waals surface area (Å²) in [6, 6.07) is 12.3. The molecular weight excluding hydrogens is 506 g/mol. The van der Waals surface area contributed by atoms with Gasteiger partial charge in [0, 0.05) is 23.0 Å². The van der Waals surface area contributed by atoms with Crippen LogP contribution in [0.1, 0.15) is 51.0 Å². The van der Waals surface area contributed by atoms with Crippen LogP contribution in [0.3, 0.4) is 0 Å². The van der Waals surface area contributed by atoms with E-state index in [-0.39, 0.29) is 27.9 Å². The molecule has 0 bridgehead atoms. The number of imidazole rings is 1. The van der Waals surface area contributed by atoms with E-state index < -0.39 is 17.6 Å². The van der Waals surface area contributed by atoms with Gasteiger partial charge in [-0.3, -0.25) is 9.59 Å². The number of hydrogen-bond donors (Lipinski definition) is 3.